The van der Waals surface area contributed by atoms with E-state index in [4.69, 9.17) is 0 Å². The van der Waals surface area contributed by atoms with Crippen molar-refractivity contribution in [2.75, 3.05) is 13.1 Å². The van der Waals surface area contributed by atoms with Crippen molar-refractivity contribution in [3.8, 4) is 0 Å². The number of aryl methyl sites for hydroxylation is 1. The molecule has 1 saturated heterocycles. The molecule has 2 aliphatic rings. The number of carbonyl (C=O) groups excluding carboxylic acids is 1. The number of aromatic nitrogens is 2. The third kappa shape index (κ3) is 2.28. The number of carbonyl (C=O) groups is 1. The Morgan fingerprint density at radius 2 is 1.90 bits per heavy atom. The summed E-state index contributed by atoms with van der Waals surface area (Å²) in [6.07, 6.45) is 6.56. The Morgan fingerprint density at radius 3 is 2.50 bits per heavy atom. The van der Waals surface area contributed by atoms with Gasteiger partial charge in [-0.05, 0) is 37.7 Å². The van der Waals surface area contributed by atoms with Gasteiger partial charge in [-0.1, -0.05) is 12.2 Å². The van der Waals surface area contributed by atoms with Gasteiger partial charge >= 0.3 is 0 Å². The maximum absolute atomic E-state index is 12.5. The van der Waals surface area contributed by atoms with Gasteiger partial charge in [0.05, 0.1) is 0 Å². The van der Waals surface area contributed by atoms with E-state index in [9.17, 15) is 9.59 Å². The summed E-state index contributed by atoms with van der Waals surface area (Å²) >= 11 is 0. The number of nitrogens with zero attached hydrogens (tertiary/aromatic N) is 3. The van der Waals surface area contributed by atoms with Gasteiger partial charge < -0.3 is 4.90 Å². The molecule has 0 aromatic carbocycles. The molecule has 5 heteroatoms. The van der Waals surface area contributed by atoms with Gasteiger partial charge in [-0.2, -0.15) is 5.10 Å². The lowest BCUT2D eigenvalue weighted by atomic mass is 9.86. The zero-order valence-corrected chi connectivity index (χ0v) is 11.7. The van der Waals surface area contributed by atoms with Crippen molar-refractivity contribution in [2.45, 2.75) is 26.3 Å². The minimum absolute atomic E-state index is 0.0541. The number of amides is 1. The van der Waals surface area contributed by atoms with Crippen LogP contribution >= 0.6 is 0 Å². The molecule has 3 rings (SSSR count). The van der Waals surface area contributed by atoms with E-state index in [2.05, 4.69) is 17.3 Å². The summed E-state index contributed by atoms with van der Waals surface area (Å²) < 4.78 is 1.33. The van der Waals surface area contributed by atoms with Crippen molar-refractivity contribution in [1.29, 1.82) is 0 Å². The summed E-state index contributed by atoms with van der Waals surface area (Å²) in [5.74, 6) is 1.11. The topological polar surface area (TPSA) is 55.2 Å². The molecule has 1 aliphatic carbocycles. The molecule has 20 heavy (non-hydrogen) atoms. The van der Waals surface area contributed by atoms with Crippen molar-refractivity contribution >= 4 is 5.91 Å². The monoisotopic (exact) mass is 273 g/mol. The second kappa shape index (κ2) is 5.23. The molecule has 106 valence electrons. The van der Waals surface area contributed by atoms with E-state index in [0.29, 0.717) is 24.1 Å². The largest absolute Gasteiger partial charge is 0.337 e. The minimum atomic E-state index is -0.164. The normalized spacial score (nSPS) is 24.8. The van der Waals surface area contributed by atoms with Gasteiger partial charge in [-0.25, -0.2) is 4.68 Å². The van der Waals surface area contributed by atoms with Crippen LogP contribution in [0.25, 0.3) is 0 Å². The van der Waals surface area contributed by atoms with E-state index in [0.717, 1.165) is 25.9 Å². The van der Waals surface area contributed by atoms with Crippen molar-refractivity contribution in [2.24, 2.45) is 11.8 Å². The highest BCUT2D eigenvalue weighted by atomic mass is 16.2. The van der Waals surface area contributed by atoms with E-state index in [1.165, 1.54) is 16.8 Å². The fraction of sp³-hybridized carbons (Fsp3) is 0.533. The standard InChI is InChI=1S/C15H19N3O2/c1-2-18-14(19)8-7-13(16-18)15(20)17-9-11-5-3-4-6-12(11)10-17/h3-4,7-8,11-12H,2,5-6,9-10H2,1H3. The smallest absolute Gasteiger partial charge is 0.274 e. The second-order valence-electron chi connectivity index (χ2n) is 5.55. The number of allylic oxidation sites excluding steroid dienone is 2. The molecule has 2 atom stereocenters. The molecule has 0 saturated carbocycles. The Morgan fingerprint density at radius 1 is 1.25 bits per heavy atom. The molecule has 0 bridgehead atoms. The average molecular weight is 273 g/mol. The quantitative estimate of drug-likeness (QED) is 0.763. The summed E-state index contributed by atoms with van der Waals surface area (Å²) in [4.78, 5) is 25.9. The zero-order chi connectivity index (χ0) is 14.1. The van der Waals surface area contributed by atoms with E-state index >= 15 is 0 Å². The van der Waals surface area contributed by atoms with Gasteiger partial charge in [0.1, 0.15) is 5.69 Å². The lowest BCUT2D eigenvalue weighted by Crippen LogP contribution is -2.32. The summed E-state index contributed by atoms with van der Waals surface area (Å²) in [6.45, 7) is 3.94. The van der Waals surface area contributed by atoms with Crippen molar-refractivity contribution in [3.63, 3.8) is 0 Å². The second-order valence-corrected chi connectivity index (χ2v) is 5.55. The third-order valence-corrected chi connectivity index (χ3v) is 4.29. The number of rotatable bonds is 2. The fourth-order valence-electron chi connectivity index (χ4n) is 3.13. The molecule has 2 heterocycles. The number of likely N-dealkylation sites (tertiary alicyclic amines) is 1. The average Bonchev–Trinajstić information content (AvgIpc) is 2.91. The van der Waals surface area contributed by atoms with Crippen molar-refractivity contribution in [3.05, 3.63) is 40.3 Å². The van der Waals surface area contributed by atoms with E-state index in [1.807, 2.05) is 11.8 Å². The maximum Gasteiger partial charge on any atom is 0.274 e. The van der Waals surface area contributed by atoms with Crippen molar-refractivity contribution in [1.82, 2.24) is 14.7 Å². The van der Waals surface area contributed by atoms with Crippen LogP contribution < -0.4 is 5.56 Å². The third-order valence-electron chi connectivity index (χ3n) is 4.29. The Bertz CT molecular complexity index is 589. The van der Waals surface area contributed by atoms with Crippen LogP contribution in [0.3, 0.4) is 0 Å². The maximum atomic E-state index is 12.5. The first-order valence-corrected chi connectivity index (χ1v) is 7.21. The van der Waals surface area contributed by atoms with Gasteiger partial charge in [0.25, 0.3) is 11.5 Å². The molecular formula is C15H19N3O2. The Hall–Kier alpha value is -1.91. The first-order valence-electron chi connectivity index (χ1n) is 7.21. The first-order chi connectivity index (χ1) is 9.69. The van der Waals surface area contributed by atoms with Crippen LogP contribution in [0.5, 0.6) is 0 Å². The van der Waals surface area contributed by atoms with E-state index < -0.39 is 0 Å². The summed E-state index contributed by atoms with van der Waals surface area (Å²) in [6, 6.07) is 2.96. The molecule has 0 N–H and O–H groups in total. The van der Waals surface area contributed by atoms with Gasteiger partial charge in [-0.15, -0.1) is 0 Å². The Balaban J connectivity index is 1.78. The predicted molar refractivity (Wildman–Crippen MR) is 75.4 cm³/mol. The molecular weight excluding hydrogens is 254 g/mol. The lowest BCUT2D eigenvalue weighted by Gasteiger charge is -2.17. The van der Waals surface area contributed by atoms with Gasteiger partial charge in [0, 0.05) is 25.7 Å². The number of hydrogen-bond acceptors (Lipinski definition) is 3. The zero-order valence-electron chi connectivity index (χ0n) is 11.7. The van der Waals surface area contributed by atoms with Crippen LogP contribution in [0, 0.1) is 11.8 Å². The van der Waals surface area contributed by atoms with Crippen LogP contribution in [0.2, 0.25) is 0 Å². The van der Waals surface area contributed by atoms with Gasteiger partial charge in [-0.3, -0.25) is 9.59 Å². The summed E-state index contributed by atoms with van der Waals surface area (Å²) in [5, 5.41) is 4.15. The number of fused-ring (bicyclic) bond motifs is 1. The van der Waals surface area contributed by atoms with Crippen LogP contribution in [0.4, 0.5) is 0 Å². The molecule has 1 fully saturated rings. The molecule has 2 unspecified atom stereocenters. The fourth-order valence-corrected chi connectivity index (χ4v) is 3.13. The molecule has 1 aromatic rings. The first kappa shape index (κ1) is 13.1. The van der Waals surface area contributed by atoms with Gasteiger partial charge in [0.15, 0.2) is 0 Å². The minimum Gasteiger partial charge on any atom is -0.337 e. The SMILES string of the molecule is CCn1nc(C(=O)N2CC3CC=CCC3C2)ccc1=O. The number of hydrogen-bond donors (Lipinski definition) is 0. The van der Waals surface area contributed by atoms with Crippen molar-refractivity contribution < 1.29 is 4.79 Å². The molecule has 0 spiro atoms. The van der Waals surface area contributed by atoms with Crippen LogP contribution in [0.1, 0.15) is 30.3 Å². The van der Waals surface area contributed by atoms with E-state index in [1.54, 1.807) is 0 Å². The summed E-state index contributed by atoms with van der Waals surface area (Å²) in [7, 11) is 0. The van der Waals surface area contributed by atoms with Crippen LogP contribution in [-0.2, 0) is 6.54 Å². The molecule has 0 radical (unpaired) electrons. The highest BCUT2D eigenvalue weighted by Gasteiger charge is 2.35. The molecule has 1 aliphatic heterocycles. The Kier molecular flexibility index (Phi) is 3.42. The molecule has 1 amide bonds. The van der Waals surface area contributed by atoms with Crippen LogP contribution in [-0.4, -0.2) is 33.7 Å². The Labute approximate surface area is 117 Å². The lowest BCUT2D eigenvalue weighted by molar-refractivity contribution is 0.0775. The highest BCUT2D eigenvalue weighted by Crippen LogP contribution is 2.33. The van der Waals surface area contributed by atoms with Gasteiger partial charge in [0.2, 0.25) is 0 Å². The summed E-state index contributed by atoms with van der Waals surface area (Å²) in [5.41, 5.74) is 0.210. The van der Waals surface area contributed by atoms with Crippen LogP contribution in [0.15, 0.2) is 29.1 Å². The predicted octanol–water partition coefficient (Wildman–Crippen LogP) is 1.30. The molecule has 5 nitrogen and oxygen atoms in total. The highest BCUT2D eigenvalue weighted by molar-refractivity contribution is 5.92. The van der Waals surface area contributed by atoms with E-state index in [-0.39, 0.29) is 11.5 Å². The molecule has 1 aromatic heterocycles.